The van der Waals surface area contributed by atoms with Gasteiger partial charge in [0.2, 0.25) is 0 Å². The van der Waals surface area contributed by atoms with E-state index in [2.05, 4.69) is 0 Å². The van der Waals surface area contributed by atoms with Gasteiger partial charge in [0.05, 0.1) is 19.3 Å². The van der Waals surface area contributed by atoms with Crippen LogP contribution in [0.5, 0.6) is 0 Å². The molecular weight excluding hydrogens is 208 g/mol. The molecule has 1 aliphatic carbocycles. The van der Waals surface area contributed by atoms with Crippen LogP contribution in [0.1, 0.15) is 39.5 Å². The second-order valence-corrected chi connectivity index (χ2v) is 4.86. The summed E-state index contributed by atoms with van der Waals surface area (Å²) < 4.78 is 16.6. The maximum absolute atomic E-state index is 11.5. The Labute approximate surface area is 96.2 Å². The number of esters is 1. The molecule has 1 saturated carbocycles. The minimum atomic E-state index is -0.813. The van der Waals surface area contributed by atoms with Gasteiger partial charge in [0.15, 0.2) is 5.79 Å². The average molecular weight is 228 g/mol. The first kappa shape index (κ1) is 11.9. The summed E-state index contributed by atoms with van der Waals surface area (Å²) in [7, 11) is 1.39. The number of hydrogen-bond donors (Lipinski definition) is 0. The maximum atomic E-state index is 11.5. The first-order chi connectivity index (χ1) is 7.57. The predicted octanol–water partition coefficient (Wildman–Crippen LogP) is 1.87. The summed E-state index contributed by atoms with van der Waals surface area (Å²) in [6, 6.07) is 0. The summed E-state index contributed by atoms with van der Waals surface area (Å²) in [6.45, 7) is 3.63. The normalized spacial score (nSPS) is 34.2. The lowest BCUT2D eigenvalue weighted by molar-refractivity contribution is -0.206. The quantitative estimate of drug-likeness (QED) is 0.677. The zero-order chi connectivity index (χ0) is 11.8. The van der Waals surface area contributed by atoms with E-state index in [0.717, 1.165) is 12.8 Å². The van der Waals surface area contributed by atoms with E-state index in [1.54, 1.807) is 6.92 Å². The van der Waals surface area contributed by atoms with Gasteiger partial charge in [-0.05, 0) is 26.7 Å². The summed E-state index contributed by atoms with van der Waals surface area (Å²) in [4.78, 5) is 11.5. The van der Waals surface area contributed by atoms with Crippen molar-refractivity contribution in [3.05, 3.63) is 0 Å². The summed E-state index contributed by atoms with van der Waals surface area (Å²) in [5, 5.41) is 0. The van der Waals surface area contributed by atoms with Gasteiger partial charge in [-0.3, -0.25) is 4.79 Å². The van der Waals surface area contributed by atoms with Gasteiger partial charge in [0, 0.05) is 0 Å². The number of hydrogen-bond acceptors (Lipinski definition) is 4. The smallest absolute Gasteiger partial charge is 0.313 e. The lowest BCUT2D eigenvalue weighted by atomic mass is 9.95. The van der Waals surface area contributed by atoms with Gasteiger partial charge in [0.1, 0.15) is 5.92 Å². The molecule has 1 heterocycles. The van der Waals surface area contributed by atoms with Gasteiger partial charge in [-0.2, -0.15) is 0 Å². The Hall–Kier alpha value is -0.610. The summed E-state index contributed by atoms with van der Waals surface area (Å²) in [6.07, 6.45) is 4.76. The van der Waals surface area contributed by atoms with E-state index in [0.29, 0.717) is 0 Å². The molecule has 2 aliphatic rings. The van der Waals surface area contributed by atoms with Crippen LogP contribution in [0.25, 0.3) is 0 Å². The molecule has 0 N–H and O–H groups in total. The molecule has 0 aromatic rings. The Kier molecular flexibility index (Phi) is 3.22. The van der Waals surface area contributed by atoms with E-state index in [4.69, 9.17) is 14.2 Å². The molecule has 1 saturated heterocycles. The SMILES string of the molecule is COC(=O)C(C)C1(C)O[C@H]2CCCC[C@@H]2O1. The van der Waals surface area contributed by atoms with Crippen LogP contribution in [0, 0.1) is 5.92 Å². The number of methoxy groups -OCH3 is 1. The number of rotatable bonds is 2. The summed E-state index contributed by atoms with van der Waals surface area (Å²) >= 11 is 0. The van der Waals surface area contributed by atoms with Gasteiger partial charge in [-0.15, -0.1) is 0 Å². The molecule has 1 aliphatic heterocycles. The standard InChI is InChI=1S/C12H20O4/c1-8(11(13)14-3)12(2)15-9-6-4-5-7-10(9)16-12/h8-10H,4-7H2,1-3H3/t8?,9-,10-/m0/s1. The molecule has 0 spiro atoms. The molecule has 4 heteroatoms. The van der Waals surface area contributed by atoms with Crippen molar-refractivity contribution in [2.45, 2.75) is 57.5 Å². The lowest BCUT2D eigenvalue weighted by Crippen LogP contribution is -2.40. The number of fused-ring (bicyclic) bond motifs is 1. The number of ether oxygens (including phenoxy) is 3. The predicted molar refractivity (Wildman–Crippen MR) is 57.8 cm³/mol. The highest BCUT2D eigenvalue weighted by atomic mass is 16.8. The molecule has 4 nitrogen and oxygen atoms in total. The zero-order valence-electron chi connectivity index (χ0n) is 10.2. The average Bonchev–Trinajstić information content (AvgIpc) is 2.64. The molecular formula is C12H20O4. The van der Waals surface area contributed by atoms with Crippen LogP contribution >= 0.6 is 0 Å². The van der Waals surface area contributed by atoms with Gasteiger partial charge in [-0.25, -0.2) is 0 Å². The Morgan fingerprint density at radius 2 is 1.81 bits per heavy atom. The molecule has 1 unspecified atom stereocenters. The van der Waals surface area contributed by atoms with Crippen molar-refractivity contribution >= 4 is 5.97 Å². The van der Waals surface area contributed by atoms with E-state index in [1.165, 1.54) is 20.0 Å². The molecule has 2 fully saturated rings. The van der Waals surface area contributed by atoms with Crippen LogP contribution in [0.3, 0.4) is 0 Å². The van der Waals surface area contributed by atoms with Crippen molar-refractivity contribution in [3.8, 4) is 0 Å². The summed E-state index contributed by atoms with van der Waals surface area (Å²) in [5.41, 5.74) is 0. The third-order valence-corrected chi connectivity index (χ3v) is 3.75. The van der Waals surface area contributed by atoms with Crippen LogP contribution in [0.15, 0.2) is 0 Å². The summed E-state index contributed by atoms with van der Waals surface area (Å²) in [5.74, 6) is -1.48. The van der Waals surface area contributed by atoms with Crippen molar-refractivity contribution in [2.24, 2.45) is 5.92 Å². The van der Waals surface area contributed by atoms with Crippen LogP contribution in [0.4, 0.5) is 0 Å². The van der Waals surface area contributed by atoms with Gasteiger partial charge < -0.3 is 14.2 Å². The monoisotopic (exact) mass is 228 g/mol. The highest BCUT2D eigenvalue weighted by Gasteiger charge is 2.50. The Morgan fingerprint density at radius 3 is 2.25 bits per heavy atom. The van der Waals surface area contributed by atoms with Crippen molar-refractivity contribution < 1.29 is 19.0 Å². The van der Waals surface area contributed by atoms with Crippen molar-refractivity contribution in [3.63, 3.8) is 0 Å². The fraction of sp³-hybridized carbons (Fsp3) is 0.917. The number of carbonyl (C=O) groups is 1. The van der Waals surface area contributed by atoms with Gasteiger partial charge in [-0.1, -0.05) is 12.8 Å². The van der Waals surface area contributed by atoms with Crippen LogP contribution in [-0.2, 0) is 19.0 Å². The molecule has 2 rings (SSSR count). The van der Waals surface area contributed by atoms with Crippen LogP contribution in [0.2, 0.25) is 0 Å². The van der Waals surface area contributed by atoms with Crippen molar-refractivity contribution in [1.82, 2.24) is 0 Å². The molecule has 0 bridgehead atoms. The third kappa shape index (κ3) is 1.96. The Balaban J connectivity index is 2.06. The molecule has 16 heavy (non-hydrogen) atoms. The van der Waals surface area contributed by atoms with E-state index in [9.17, 15) is 4.79 Å². The largest absolute Gasteiger partial charge is 0.469 e. The van der Waals surface area contributed by atoms with Crippen molar-refractivity contribution in [1.29, 1.82) is 0 Å². The molecule has 3 atom stereocenters. The molecule has 0 radical (unpaired) electrons. The van der Waals surface area contributed by atoms with E-state index in [-0.39, 0.29) is 24.1 Å². The van der Waals surface area contributed by atoms with E-state index in [1.807, 2.05) is 6.92 Å². The molecule has 0 amide bonds. The Morgan fingerprint density at radius 1 is 1.31 bits per heavy atom. The van der Waals surface area contributed by atoms with Crippen molar-refractivity contribution in [2.75, 3.05) is 7.11 Å². The Bertz CT molecular complexity index is 262. The van der Waals surface area contributed by atoms with E-state index < -0.39 is 5.79 Å². The minimum Gasteiger partial charge on any atom is -0.469 e. The first-order valence-corrected chi connectivity index (χ1v) is 6.00. The van der Waals surface area contributed by atoms with Gasteiger partial charge in [0.25, 0.3) is 0 Å². The van der Waals surface area contributed by atoms with Crippen LogP contribution in [-0.4, -0.2) is 31.1 Å². The highest BCUT2D eigenvalue weighted by molar-refractivity contribution is 5.73. The second kappa shape index (κ2) is 4.34. The second-order valence-electron chi connectivity index (χ2n) is 4.86. The minimum absolute atomic E-state index is 0.158. The van der Waals surface area contributed by atoms with Crippen LogP contribution < -0.4 is 0 Å². The lowest BCUT2D eigenvalue weighted by Gasteiger charge is -2.28. The maximum Gasteiger partial charge on any atom is 0.313 e. The fourth-order valence-electron chi connectivity index (χ4n) is 2.56. The topological polar surface area (TPSA) is 44.8 Å². The fourth-order valence-corrected chi connectivity index (χ4v) is 2.56. The highest BCUT2D eigenvalue weighted by Crippen LogP contribution is 2.40. The number of carbonyl (C=O) groups excluding carboxylic acids is 1. The molecule has 0 aromatic heterocycles. The van der Waals surface area contributed by atoms with Gasteiger partial charge >= 0.3 is 5.97 Å². The first-order valence-electron chi connectivity index (χ1n) is 6.00. The molecule has 92 valence electrons. The zero-order valence-corrected chi connectivity index (χ0v) is 10.2. The molecule has 0 aromatic carbocycles. The van der Waals surface area contributed by atoms with E-state index >= 15 is 0 Å². The third-order valence-electron chi connectivity index (χ3n) is 3.75.